The van der Waals surface area contributed by atoms with Gasteiger partial charge in [0.2, 0.25) is 5.88 Å². The molecule has 9 heteroatoms. The molecule has 3 heterocycles. The zero-order valence-electron chi connectivity index (χ0n) is 19.7. The van der Waals surface area contributed by atoms with Gasteiger partial charge in [0.1, 0.15) is 11.7 Å². The van der Waals surface area contributed by atoms with Crippen LogP contribution in [0.15, 0.2) is 48.9 Å². The highest BCUT2D eigenvalue weighted by Gasteiger charge is 2.33. The molecule has 0 spiro atoms. The number of ether oxygens (including phenoxy) is 2. The van der Waals surface area contributed by atoms with Gasteiger partial charge in [0.15, 0.2) is 0 Å². The molecule has 9 nitrogen and oxygen atoms in total. The molecule has 1 aliphatic heterocycles. The number of hydrogen-bond donors (Lipinski definition) is 0. The van der Waals surface area contributed by atoms with Crippen LogP contribution in [0.4, 0.5) is 0 Å². The fraction of sp³-hybridized carbons (Fsp3) is 0.400. The van der Waals surface area contributed by atoms with Crippen LogP contribution in [0, 0.1) is 0 Å². The van der Waals surface area contributed by atoms with Gasteiger partial charge >= 0.3 is 5.97 Å². The third kappa shape index (κ3) is 4.78. The molecular formula is C25H29N5O4. The Morgan fingerprint density at radius 3 is 2.59 bits per heavy atom. The molecule has 2 atom stereocenters. The van der Waals surface area contributed by atoms with Crippen LogP contribution in [-0.4, -0.2) is 62.6 Å². The Kier molecular flexibility index (Phi) is 7.20. The SMILES string of the molecule is CCCc1ccnc(O[C@@H]2CC[C@@H](C)N(C(=O)c3ccccc3-n3nccn3)C2)c1C(=O)OC. The molecule has 0 aliphatic carbocycles. The Bertz CT molecular complexity index is 1150. The minimum Gasteiger partial charge on any atom is -0.472 e. The van der Waals surface area contributed by atoms with Crippen LogP contribution >= 0.6 is 0 Å². The van der Waals surface area contributed by atoms with E-state index in [2.05, 4.69) is 15.2 Å². The topological polar surface area (TPSA) is 99.4 Å². The first-order chi connectivity index (χ1) is 16.5. The van der Waals surface area contributed by atoms with Crippen molar-refractivity contribution in [2.75, 3.05) is 13.7 Å². The van der Waals surface area contributed by atoms with Crippen LogP contribution in [0.25, 0.3) is 5.69 Å². The zero-order chi connectivity index (χ0) is 24.1. The van der Waals surface area contributed by atoms with Crippen molar-refractivity contribution in [3.63, 3.8) is 0 Å². The van der Waals surface area contributed by atoms with Gasteiger partial charge in [-0.15, -0.1) is 0 Å². The summed E-state index contributed by atoms with van der Waals surface area (Å²) in [5.74, 6) is -0.329. The van der Waals surface area contributed by atoms with E-state index < -0.39 is 5.97 Å². The standard InChI is InChI=1S/C25H29N5O4/c1-4-7-18-12-13-26-23(22(18)25(32)33-3)34-19-11-10-17(2)29(16-19)24(31)20-8-5-6-9-21(20)30-27-14-15-28-30/h5-6,8-9,12-15,17,19H,4,7,10-11,16H2,1-3H3/t17-,19-/m1/s1. The van der Waals surface area contributed by atoms with Crippen molar-refractivity contribution in [2.45, 2.75) is 51.7 Å². The maximum absolute atomic E-state index is 13.6. The number of aryl methyl sites for hydroxylation is 1. The quantitative estimate of drug-likeness (QED) is 0.495. The fourth-order valence-electron chi connectivity index (χ4n) is 4.30. The monoisotopic (exact) mass is 463 g/mol. The number of nitrogens with zero attached hydrogens (tertiary/aromatic N) is 5. The third-order valence-corrected chi connectivity index (χ3v) is 6.06. The number of benzene rings is 1. The highest BCUT2D eigenvalue weighted by molar-refractivity contribution is 5.98. The second-order valence-electron chi connectivity index (χ2n) is 8.35. The van der Waals surface area contributed by atoms with Crippen molar-refractivity contribution in [2.24, 2.45) is 0 Å². The molecule has 34 heavy (non-hydrogen) atoms. The van der Waals surface area contributed by atoms with Crippen LogP contribution in [0.3, 0.4) is 0 Å². The number of rotatable bonds is 7. The summed E-state index contributed by atoms with van der Waals surface area (Å²) in [6.07, 6.45) is 7.60. The van der Waals surface area contributed by atoms with E-state index in [9.17, 15) is 9.59 Å². The van der Waals surface area contributed by atoms with Gasteiger partial charge in [0, 0.05) is 12.2 Å². The number of hydrogen-bond acceptors (Lipinski definition) is 7. The summed E-state index contributed by atoms with van der Waals surface area (Å²) in [5, 5.41) is 8.36. The Morgan fingerprint density at radius 2 is 1.85 bits per heavy atom. The Labute approximate surface area is 198 Å². The number of amides is 1. The van der Waals surface area contributed by atoms with Crippen molar-refractivity contribution >= 4 is 11.9 Å². The summed E-state index contributed by atoms with van der Waals surface area (Å²) < 4.78 is 11.2. The molecule has 1 aliphatic rings. The fourth-order valence-corrected chi connectivity index (χ4v) is 4.30. The molecule has 1 aromatic carbocycles. The first-order valence-electron chi connectivity index (χ1n) is 11.5. The van der Waals surface area contributed by atoms with Crippen molar-refractivity contribution in [1.82, 2.24) is 24.9 Å². The summed E-state index contributed by atoms with van der Waals surface area (Å²) >= 11 is 0. The number of piperidine rings is 1. The van der Waals surface area contributed by atoms with E-state index in [0.29, 0.717) is 29.8 Å². The highest BCUT2D eigenvalue weighted by Crippen LogP contribution is 2.28. The second-order valence-corrected chi connectivity index (χ2v) is 8.35. The van der Waals surface area contributed by atoms with E-state index in [1.807, 2.05) is 43.0 Å². The smallest absolute Gasteiger partial charge is 0.343 e. The van der Waals surface area contributed by atoms with Crippen molar-refractivity contribution in [3.8, 4) is 11.6 Å². The Hall–Kier alpha value is -3.75. The van der Waals surface area contributed by atoms with Gasteiger partial charge in [-0.3, -0.25) is 4.79 Å². The normalized spacial score (nSPS) is 17.9. The summed E-state index contributed by atoms with van der Waals surface area (Å²) in [6, 6.07) is 9.14. The molecule has 0 bridgehead atoms. The van der Waals surface area contributed by atoms with E-state index in [-0.39, 0.29) is 23.9 Å². The van der Waals surface area contributed by atoms with Crippen LogP contribution in [0.2, 0.25) is 0 Å². The van der Waals surface area contributed by atoms with E-state index >= 15 is 0 Å². The summed E-state index contributed by atoms with van der Waals surface area (Å²) in [6.45, 7) is 4.45. The molecule has 0 N–H and O–H groups in total. The molecule has 0 radical (unpaired) electrons. The lowest BCUT2D eigenvalue weighted by Crippen LogP contribution is -2.49. The van der Waals surface area contributed by atoms with Crippen molar-refractivity contribution < 1.29 is 19.1 Å². The van der Waals surface area contributed by atoms with Gasteiger partial charge in [0.25, 0.3) is 5.91 Å². The number of likely N-dealkylation sites (tertiary alicyclic amines) is 1. The number of para-hydroxylation sites is 1. The lowest BCUT2D eigenvalue weighted by molar-refractivity contribution is 0.0358. The van der Waals surface area contributed by atoms with Crippen LogP contribution in [-0.2, 0) is 11.2 Å². The Balaban J connectivity index is 1.58. The molecule has 0 saturated carbocycles. The van der Waals surface area contributed by atoms with Gasteiger partial charge in [-0.25, -0.2) is 9.78 Å². The lowest BCUT2D eigenvalue weighted by atomic mass is 9.99. The van der Waals surface area contributed by atoms with Gasteiger partial charge in [-0.2, -0.15) is 15.0 Å². The number of methoxy groups -OCH3 is 1. The van der Waals surface area contributed by atoms with Crippen molar-refractivity contribution in [3.05, 3.63) is 65.6 Å². The van der Waals surface area contributed by atoms with E-state index in [4.69, 9.17) is 9.47 Å². The van der Waals surface area contributed by atoms with Crippen LogP contribution in [0.5, 0.6) is 5.88 Å². The predicted molar refractivity (Wildman–Crippen MR) is 125 cm³/mol. The molecule has 4 rings (SSSR count). The number of esters is 1. The molecule has 178 valence electrons. The third-order valence-electron chi connectivity index (χ3n) is 6.06. The number of pyridine rings is 1. The van der Waals surface area contributed by atoms with E-state index in [0.717, 1.165) is 24.8 Å². The summed E-state index contributed by atoms with van der Waals surface area (Å²) in [7, 11) is 1.35. The summed E-state index contributed by atoms with van der Waals surface area (Å²) in [5.41, 5.74) is 2.34. The number of aromatic nitrogens is 4. The molecule has 1 saturated heterocycles. The van der Waals surface area contributed by atoms with E-state index in [1.165, 1.54) is 11.9 Å². The Morgan fingerprint density at radius 1 is 1.09 bits per heavy atom. The minimum atomic E-state index is -0.468. The van der Waals surface area contributed by atoms with E-state index in [1.54, 1.807) is 24.7 Å². The molecular weight excluding hydrogens is 434 g/mol. The minimum absolute atomic E-state index is 0.0328. The van der Waals surface area contributed by atoms with Crippen molar-refractivity contribution in [1.29, 1.82) is 0 Å². The van der Waals surface area contributed by atoms with Gasteiger partial charge in [-0.05, 0) is 49.9 Å². The molecule has 1 fully saturated rings. The van der Waals surface area contributed by atoms with Crippen LogP contribution < -0.4 is 4.74 Å². The first kappa shape index (κ1) is 23.4. The predicted octanol–water partition coefficient (Wildman–Crippen LogP) is 3.47. The van der Waals surface area contributed by atoms with Gasteiger partial charge in [0.05, 0.1) is 37.3 Å². The average Bonchev–Trinajstić information content (AvgIpc) is 3.40. The highest BCUT2D eigenvalue weighted by atomic mass is 16.5. The molecule has 2 aromatic heterocycles. The number of carbonyl (C=O) groups is 2. The van der Waals surface area contributed by atoms with Gasteiger partial charge in [-0.1, -0.05) is 25.5 Å². The maximum Gasteiger partial charge on any atom is 0.343 e. The molecule has 0 unspecified atom stereocenters. The van der Waals surface area contributed by atoms with Gasteiger partial charge < -0.3 is 14.4 Å². The average molecular weight is 464 g/mol. The summed E-state index contributed by atoms with van der Waals surface area (Å²) in [4.78, 5) is 33.7. The second kappa shape index (κ2) is 10.5. The lowest BCUT2D eigenvalue weighted by Gasteiger charge is -2.38. The number of carbonyl (C=O) groups excluding carboxylic acids is 2. The molecule has 3 aromatic rings. The largest absolute Gasteiger partial charge is 0.472 e. The molecule has 1 amide bonds. The van der Waals surface area contributed by atoms with Crippen LogP contribution in [0.1, 0.15) is 59.4 Å². The first-order valence-corrected chi connectivity index (χ1v) is 11.5. The maximum atomic E-state index is 13.6. The zero-order valence-corrected chi connectivity index (χ0v) is 19.7.